The van der Waals surface area contributed by atoms with Crippen LogP contribution in [-0.4, -0.2) is 45.6 Å². The zero-order valence-corrected chi connectivity index (χ0v) is 15.8. The van der Waals surface area contributed by atoms with Gasteiger partial charge in [0.05, 0.1) is 5.69 Å². The number of ketones is 1. The summed E-state index contributed by atoms with van der Waals surface area (Å²) in [6.45, 7) is 0. The molecule has 2 N–H and O–H groups in total. The highest BCUT2D eigenvalue weighted by Gasteiger charge is 2.41. The van der Waals surface area contributed by atoms with Gasteiger partial charge in [0.2, 0.25) is 15.8 Å². The number of nitrogens with one attached hydrogen (secondary N) is 2. The molecular formula is C10H12ClN3O5S4. The van der Waals surface area contributed by atoms with Gasteiger partial charge in [0.25, 0.3) is 0 Å². The van der Waals surface area contributed by atoms with Crippen molar-refractivity contribution in [2.45, 2.75) is 4.58 Å². The van der Waals surface area contributed by atoms with E-state index < -0.39 is 30.6 Å². The highest BCUT2D eigenvalue weighted by atomic mass is 35.5. The fourth-order valence-corrected chi connectivity index (χ4v) is 6.23. The molecule has 1 aliphatic heterocycles. The zero-order chi connectivity index (χ0) is 17.4. The van der Waals surface area contributed by atoms with Crippen LogP contribution in [0.3, 0.4) is 0 Å². The molecule has 2 rings (SSSR count). The van der Waals surface area contributed by atoms with E-state index in [0.717, 1.165) is 27.4 Å². The number of nitrogens with zero attached hydrogens (tertiary/aromatic N) is 1. The van der Waals surface area contributed by atoms with Crippen LogP contribution in [0.1, 0.15) is 0 Å². The van der Waals surface area contributed by atoms with E-state index in [1.165, 1.54) is 25.6 Å². The van der Waals surface area contributed by atoms with Crippen molar-refractivity contribution in [1.29, 1.82) is 0 Å². The molecule has 0 aliphatic carbocycles. The maximum Gasteiger partial charge on any atom is 0.321 e. The number of halogens is 1. The third kappa shape index (κ3) is 4.00. The monoisotopic (exact) mass is 417 g/mol. The Morgan fingerprint density at radius 3 is 2.39 bits per heavy atom. The highest BCUT2D eigenvalue weighted by molar-refractivity contribution is 8.16. The van der Waals surface area contributed by atoms with Crippen LogP contribution in [0.5, 0.6) is 0 Å². The molecule has 13 heteroatoms. The van der Waals surface area contributed by atoms with E-state index in [-0.39, 0.29) is 15.7 Å². The summed E-state index contributed by atoms with van der Waals surface area (Å²) < 4.78 is 51.9. The van der Waals surface area contributed by atoms with Gasteiger partial charge in [-0.05, 0) is 11.4 Å². The third-order valence-electron chi connectivity index (χ3n) is 2.68. The second kappa shape index (κ2) is 6.61. The van der Waals surface area contributed by atoms with Crippen LogP contribution < -0.4 is 9.44 Å². The minimum atomic E-state index is -4.12. The summed E-state index contributed by atoms with van der Waals surface area (Å²) in [5, 5.41) is 2.76. The summed E-state index contributed by atoms with van der Waals surface area (Å²) in [6, 6.07) is 1.46. The summed E-state index contributed by atoms with van der Waals surface area (Å²) >= 11 is 7.66. The average Bonchev–Trinajstić information content (AvgIpc) is 2.97. The van der Waals surface area contributed by atoms with E-state index in [2.05, 4.69) is 4.72 Å². The lowest BCUT2D eigenvalue weighted by molar-refractivity contribution is -0.113. The number of allylic oxidation sites excluding steroid dienone is 1. The molecule has 1 unspecified atom stereocenters. The van der Waals surface area contributed by atoms with Gasteiger partial charge in [-0.15, -0.1) is 23.1 Å². The number of hydrogen-bond acceptors (Lipinski definition) is 7. The molecule has 0 bridgehead atoms. The number of carbonyl (C=O) groups is 1. The normalized spacial score (nSPS) is 19.0. The molecule has 0 fully saturated rings. The molecule has 0 aromatic carbocycles. The van der Waals surface area contributed by atoms with E-state index in [4.69, 9.17) is 11.6 Å². The lowest BCUT2D eigenvalue weighted by atomic mass is 10.4. The van der Waals surface area contributed by atoms with Crippen LogP contribution in [0.15, 0.2) is 22.6 Å². The quantitative estimate of drug-likeness (QED) is 0.714. The molecular weight excluding hydrogens is 406 g/mol. The van der Waals surface area contributed by atoms with E-state index in [1.54, 1.807) is 5.38 Å². The summed E-state index contributed by atoms with van der Waals surface area (Å²) in [7, 11) is -5.38. The van der Waals surface area contributed by atoms with Gasteiger partial charge in [-0.2, -0.15) is 8.42 Å². The van der Waals surface area contributed by atoms with Gasteiger partial charge in [-0.3, -0.25) is 14.2 Å². The number of carbonyl (C=O) groups excluding carboxylic acids is 1. The van der Waals surface area contributed by atoms with Crippen LogP contribution >= 0.6 is 34.7 Å². The third-order valence-corrected chi connectivity index (χ3v) is 8.49. The summed E-state index contributed by atoms with van der Waals surface area (Å²) in [5.41, 5.74) is -0.149. The molecule has 1 aromatic heterocycles. The number of thioether (sulfide) groups is 1. The fraction of sp³-hybridized carbons (Fsp3) is 0.300. The minimum absolute atomic E-state index is 0.167. The number of sulfonamides is 1. The van der Waals surface area contributed by atoms with Crippen molar-refractivity contribution in [3.8, 4) is 0 Å². The first-order chi connectivity index (χ1) is 10.5. The van der Waals surface area contributed by atoms with Gasteiger partial charge in [0.15, 0.2) is 4.58 Å². The standard InChI is InChI=1S/C10H12ClN3O5S4/c1-14(2)22(16,17)10-8(15)7(5-21-10)13-23(18,19)12-6-3-4-20-9(6)11/h3-5,10,12-13H,1-2H3. The largest absolute Gasteiger partial charge is 0.321 e. The van der Waals surface area contributed by atoms with Crippen molar-refractivity contribution in [3.63, 3.8) is 0 Å². The number of Topliss-reactive ketones (excluding diaryl/α,β-unsaturated/α-hetero) is 1. The average molecular weight is 418 g/mol. The van der Waals surface area contributed by atoms with E-state index in [1.807, 2.05) is 4.72 Å². The Balaban J connectivity index is 2.13. The summed E-state index contributed by atoms with van der Waals surface area (Å²) in [4.78, 5) is 12.1. The molecule has 0 spiro atoms. The van der Waals surface area contributed by atoms with Gasteiger partial charge in [0, 0.05) is 19.5 Å². The van der Waals surface area contributed by atoms with Crippen molar-refractivity contribution >= 4 is 66.4 Å². The zero-order valence-electron chi connectivity index (χ0n) is 11.8. The number of thiophene rings is 1. The fourth-order valence-electron chi connectivity index (χ4n) is 1.53. The topological polar surface area (TPSA) is 113 Å². The van der Waals surface area contributed by atoms with Crippen molar-refractivity contribution in [2.75, 3.05) is 18.8 Å². The van der Waals surface area contributed by atoms with Gasteiger partial charge < -0.3 is 0 Å². The second-order valence-corrected chi connectivity index (χ2v) is 10.9. The van der Waals surface area contributed by atoms with Gasteiger partial charge in [0.1, 0.15) is 10.0 Å². The van der Waals surface area contributed by atoms with Crippen molar-refractivity contribution in [2.24, 2.45) is 0 Å². The number of hydrogen-bond donors (Lipinski definition) is 2. The minimum Gasteiger partial charge on any atom is -0.290 e. The molecule has 0 saturated carbocycles. The van der Waals surface area contributed by atoms with Crippen molar-refractivity contribution in [3.05, 3.63) is 26.9 Å². The molecule has 1 aromatic rings. The molecule has 2 heterocycles. The Kier molecular flexibility index (Phi) is 5.33. The Morgan fingerprint density at radius 1 is 1.22 bits per heavy atom. The summed E-state index contributed by atoms with van der Waals surface area (Å²) in [5.74, 6) is -0.828. The molecule has 23 heavy (non-hydrogen) atoms. The molecule has 128 valence electrons. The molecule has 8 nitrogen and oxygen atoms in total. The maximum atomic E-state index is 12.1. The van der Waals surface area contributed by atoms with Gasteiger partial charge in [-0.1, -0.05) is 11.6 Å². The Hall–Kier alpha value is -0.790. The number of rotatable bonds is 6. The number of anilines is 1. The molecule has 1 aliphatic rings. The first-order valence-electron chi connectivity index (χ1n) is 5.89. The highest BCUT2D eigenvalue weighted by Crippen LogP contribution is 2.32. The predicted octanol–water partition coefficient (Wildman–Crippen LogP) is 1.02. The van der Waals surface area contributed by atoms with Crippen LogP contribution in [0, 0.1) is 0 Å². The Labute approximate surface area is 147 Å². The van der Waals surface area contributed by atoms with E-state index in [9.17, 15) is 21.6 Å². The lowest BCUT2D eigenvalue weighted by Crippen LogP contribution is -2.39. The van der Waals surface area contributed by atoms with Gasteiger partial charge >= 0.3 is 10.2 Å². The predicted molar refractivity (Wildman–Crippen MR) is 92.1 cm³/mol. The van der Waals surface area contributed by atoms with Crippen molar-refractivity contribution < 1.29 is 21.6 Å². The SMILES string of the molecule is CN(C)S(=O)(=O)C1SC=C(NS(=O)(=O)Nc2ccsc2Cl)C1=O. The van der Waals surface area contributed by atoms with Crippen molar-refractivity contribution in [1.82, 2.24) is 9.03 Å². The van der Waals surface area contributed by atoms with E-state index >= 15 is 0 Å². The molecule has 0 amide bonds. The molecule has 0 radical (unpaired) electrons. The smallest absolute Gasteiger partial charge is 0.290 e. The molecule has 1 atom stereocenters. The molecule has 0 saturated heterocycles. The maximum absolute atomic E-state index is 12.1. The lowest BCUT2D eigenvalue weighted by Gasteiger charge is -2.16. The Bertz CT molecular complexity index is 859. The van der Waals surface area contributed by atoms with Crippen LogP contribution in [0.2, 0.25) is 4.34 Å². The van der Waals surface area contributed by atoms with Crippen LogP contribution in [-0.2, 0) is 25.0 Å². The van der Waals surface area contributed by atoms with Gasteiger partial charge in [-0.25, -0.2) is 12.7 Å². The van der Waals surface area contributed by atoms with Crippen LogP contribution in [0.25, 0.3) is 0 Å². The van der Waals surface area contributed by atoms with Crippen LogP contribution in [0.4, 0.5) is 5.69 Å². The first kappa shape index (κ1) is 18.5. The van der Waals surface area contributed by atoms with E-state index in [0.29, 0.717) is 0 Å². The first-order valence-corrected chi connectivity index (χ1v) is 11.1. The Morgan fingerprint density at radius 2 is 1.87 bits per heavy atom. The summed E-state index contributed by atoms with van der Waals surface area (Å²) in [6.07, 6.45) is 0. The second-order valence-electron chi connectivity index (χ2n) is 4.51.